The minimum atomic E-state index is -0.820. The molecule has 5 rings (SSSR count). The van der Waals surface area contributed by atoms with E-state index < -0.39 is 5.60 Å². The Bertz CT molecular complexity index is 1050. The second-order valence-electron chi connectivity index (χ2n) is 8.84. The van der Waals surface area contributed by atoms with E-state index in [0.29, 0.717) is 11.7 Å². The van der Waals surface area contributed by atoms with Crippen molar-refractivity contribution in [1.82, 2.24) is 19.9 Å². The van der Waals surface area contributed by atoms with Gasteiger partial charge in [-0.3, -0.25) is 9.88 Å². The highest BCUT2D eigenvalue weighted by molar-refractivity contribution is 5.55. The SMILES string of the molecule is COc1ccc(-c2ncc(CN3CC4CCC(O)(c5ncccc5C)C4C3)cn2)cc1. The summed E-state index contributed by atoms with van der Waals surface area (Å²) in [6, 6.07) is 11.7. The van der Waals surface area contributed by atoms with Gasteiger partial charge in [0.2, 0.25) is 0 Å². The predicted octanol–water partition coefficient (Wildman–Crippen LogP) is 3.59. The number of hydrogen-bond donors (Lipinski definition) is 1. The third-order valence-electron chi connectivity index (χ3n) is 6.91. The van der Waals surface area contributed by atoms with Crippen LogP contribution in [0.3, 0.4) is 0 Å². The third kappa shape index (κ3) is 3.70. The van der Waals surface area contributed by atoms with Crippen molar-refractivity contribution < 1.29 is 9.84 Å². The Kier molecular flexibility index (Phi) is 5.20. The lowest BCUT2D eigenvalue weighted by Crippen LogP contribution is -2.36. The van der Waals surface area contributed by atoms with Crippen LogP contribution in [0, 0.1) is 18.8 Å². The van der Waals surface area contributed by atoms with Gasteiger partial charge in [0.1, 0.15) is 11.4 Å². The van der Waals surface area contributed by atoms with E-state index in [1.165, 1.54) is 0 Å². The Balaban J connectivity index is 1.27. The van der Waals surface area contributed by atoms with E-state index in [0.717, 1.165) is 60.6 Å². The van der Waals surface area contributed by atoms with Crippen molar-refractivity contribution in [3.05, 3.63) is 71.8 Å². The molecule has 1 aromatic carbocycles. The van der Waals surface area contributed by atoms with Crippen LogP contribution in [0.4, 0.5) is 0 Å². The smallest absolute Gasteiger partial charge is 0.159 e. The van der Waals surface area contributed by atoms with E-state index in [2.05, 4.69) is 19.9 Å². The number of aryl methyl sites for hydroxylation is 1. The maximum Gasteiger partial charge on any atom is 0.159 e. The lowest BCUT2D eigenvalue weighted by molar-refractivity contribution is -0.0114. The minimum absolute atomic E-state index is 0.223. The molecule has 2 aromatic heterocycles. The van der Waals surface area contributed by atoms with Gasteiger partial charge in [-0.05, 0) is 61.6 Å². The van der Waals surface area contributed by atoms with Crippen molar-refractivity contribution in [3.8, 4) is 17.1 Å². The quantitative estimate of drug-likeness (QED) is 0.685. The number of hydrogen-bond acceptors (Lipinski definition) is 6. The summed E-state index contributed by atoms with van der Waals surface area (Å²) in [5.74, 6) is 2.26. The first-order valence-corrected chi connectivity index (χ1v) is 10.9. The van der Waals surface area contributed by atoms with Crippen molar-refractivity contribution in [2.75, 3.05) is 20.2 Å². The molecule has 1 saturated carbocycles. The number of aliphatic hydroxyl groups is 1. The number of likely N-dealkylation sites (tertiary alicyclic amines) is 1. The molecule has 2 aliphatic rings. The second kappa shape index (κ2) is 8.02. The summed E-state index contributed by atoms with van der Waals surface area (Å²) in [6.07, 6.45) is 7.46. The average molecular weight is 417 g/mol. The molecule has 160 valence electrons. The molecule has 1 saturated heterocycles. The first-order valence-electron chi connectivity index (χ1n) is 10.9. The summed E-state index contributed by atoms with van der Waals surface area (Å²) >= 11 is 0. The van der Waals surface area contributed by atoms with Gasteiger partial charge >= 0.3 is 0 Å². The van der Waals surface area contributed by atoms with Crippen LogP contribution in [0.2, 0.25) is 0 Å². The minimum Gasteiger partial charge on any atom is -0.497 e. The van der Waals surface area contributed by atoms with E-state index in [-0.39, 0.29) is 5.92 Å². The summed E-state index contributed by atoms with van der Waals surface area (Å²) in [4.78, 5) is 16.1. The third-order valence-corrected chi connectivity index (χ3v) is 6.91. The molecule has 31 heavy (non-hydrogen) atoms. The van der Waals surface area contributed by atoms with Crippen molar-refractivity contribution >= 4 is 0 Å². The van der Waals surface area contributed by atoms with Crippen LogP contribution in [0.1, 0.15) is 29.7 Å². The maximum absolute atomic E-state index is 11.6. The van der Waals surface area contributed by atoms with Gasteiger partial charge in [0.05, 0.1) is 12.8 Å². The van der Waals surface area contributed by atoms with Crippen molar-refractivity contribution in [3.63, 3.8) is 0 Å². The Morgan fingerprint density at radius 1 is 1.10 bits per heavy atom. The number of rotatable bonds is 5. The summed E-state index contributed by atoms with van der Waals surface area (Å²) < 4.78 is 5.21. The molecule has 1 aliphatic carbocycles. The number of fused-ring (bicyclic) bond motifs is 1. The zero-order valence-electron chi connectivity index (χ0n) is 18.0. The van der Waals surface area contributed by atoms with Gasteiger partial charge < -0.3 is 9.84 Å². The second-order valence-corrected chi connectivity index (χ2v) is 8.84. The van der Waals surface area contributed by atoms with Gasteiger partial charge in [0, 0.05) is 55.3 Å². The summed E-state index contributed by atoms with van der Waals surface area (Å²) in [5, 5.41) is 11.6. The molecule has 3 aromatic rings. The molecule has 1 N–H and O–H groups in total. The van der Waals surface area contributed by atoms with Gasteiger partial charge in [0.15, 0.2) is 5.82 Å². The van der Waals surface area contributed by atoms with Crippen LogP contribution in [-0.4, -0.2) is 45.2 Å². The maximum atomic E-state index is 11.6. The van der Waals surface area contributed by atoms with Crippen molar-refractivity contribution in [2.24, 2.45) is 11.8 Å². The zero-order valence-corrected chi connectivity index (χ0v) is 18.0. The summed E-state index contributed by atoms with van der Waals surface area (Å²) in [7, 11) is 1.66. The largest absolute Gasteiger partial charge is 0.497 e. The number of pyridine rings is 1. The molecule has 0 amide bonds. The monoisotopic (exact) mass is 416 g/mol. The Morgan fingerprint density at radius 3 is 2.58 bits per heavy atom. The number of benzene rings is 1. The molecular formula is C25H28N4O2. The van der Waals surface area contributed by atoms with Gasteiger partial charge in [-0.15, -0.1) is 0 Å². The first kappa shape index (κ1) is 20.1. The molecule has 1 aliphatic heterocycles. The van der Waals surface area contributed by atoms with E-state index in [1.54, 1.807) is 13.3 Å². The predicted molar refractivity (Wildman–Crippen MR) is 118 cm³/mol. The fourth-order valence-corrected chi connectivity index (χ4v) is 5.33. The molecule has 3 atom stereocenters. The van der Waals surface area contributed by atoms with Crippen LogP contribution >= 0.6 is 0 Å². The standard InChI is InChI=1S/C25H28N4O2/c1-17-4-3-11-26-23(17)25(30)10-9-20-15-29(16-22(20)25)14-18-12-27-24(28-13-18)19-5-7-21(31-2)8-6-19/h3-8,11-13,20,22,30H,9-10,14-16H2,1-2H3. The molecule has 0 spiro atoms. The Labute approximate surface area is 183 Å². The zero-order chi connectivity index (χ0) is 21.4. The lowest BCUT2D eigenvalue weighted by atomic mass is 9.83. The number of nitrogens with zero attached hydrogens (tertiary/aromatic N) is 4. The van der Waals surface area contributed by atoms with E-state index in [9.17, 15) is 5.11 Å². The molecule has 0 bridgehead atoms. The number of ether oxygens (including phenoxy) is 1. The van der Waals surface area contributed by atoms with E-state index >= 15 is 0 Å². The molecule has 3 heterocycles. The van der Waals surface area contributed by atoms with Gasteiger partial charge in [-0.2, -0.15) is 0 Å². The number of methoxy groups -OCH3 is 1. The highest BCUT2D eigenvalue weighted by atomic mass is 16.5. The Hall–Kier alpha value is -2.83. The van der Waals surface area contributed by atoms with Crippen LogP contribution in [-0.2, 0) is 12.1 Å². The van der Waals surface area contributed by atoms with Crippen LogP contribution < -0.4 is 4.74 Å². The fraction of sp³-hybridized carbons (Fsp3) is 0.400. The fourth-order valence-electron chi connectivity index (χ4n) is 5.33. The van der Waals surface area contributed by atoms with Crippen LogP contribution in [0.25, 0.3) is 11.4 Å². The molecular weight excluding hydrogens is 388 g/mol. The van der Waals surface area contributed by atoms with E-state index in [1.807, 2.05) is 55.7 Å². The topological polar surface area (TPSA) is 71.4 Å². The number of aromatic nitrogens is 3. The van der Waals surface area contributed by atoms with Crippen molar-refractivity contribution in [1.29, 1.82) is 0 Å². The molecule has 0 radical (unpaired) electrons. The summed E-state index contributed by atoms with van der Waals surface area (Å²) in [6.45, 7) is 4.71. The summed E-state index contributed by atoms with van der Waals surface area (Å²) in [5.41, 5.74) is 3.18. The van der Waals surface area contributed by atoms with Gasteiger partial charge in [0.25, 0.3) is 0 Å². The average Bonchev–Trinajstić information content (AvgIpc) is 3.34. The van der Waals surface area contributed by atoms with Gasteiger partial charge in [-0.25, -0.2) is 9.97 Å². The molecule has 6 nitrogen and oxygen atoms in total. The first-order chi connectivity index (χ1) is 15.1. The molecule has 2 fully saturated rings. The van der Waals surface area contributed by atoms with E-state index in [4.69, 9.17) is 4.74 Å². The van der Waals surface area contributed by atoms with Gasteiger partial charge in [-0.1, -0.05) is 6.07 Å². The molecule has 3 unspecified atom stereocenters. The van der Waals surface area contributed by atoms with Crippen molar-refractivity contribution in [2.45, 2.75) is 31.9 Å². The lowest BCUT2D eigenvalue weighted by Gasteiger charge is -2.31. The normalized spacial score (nSPS) is 25.5. The highest BCUT2D eigenvalue weighted by Crippen LogP contribution is 2.50. The molecule has 6 heteroatoms. The van der Waals surface area contributed by atoms with Crippen LogP contribution in [0.15, 0.2) is 55.0 Å². The van der Waals surface area contributed by atoms with Crippen LogP contribution in [0.5, 0.6) is 5.75 Å². The highest BCUT2D eigenvalue weighted by Gasteiger charge is 2.53. The Morgan fingerprint density at radius 2 is 1.87 bits per heavy atom.